The van der Waals surface area contributed by atoms with Crippen LogP contribution in [0.25, 0.3) is 0 Å². The maximum Gasteiger partial charge on any atom is 0.418 e. The molecule has 0 bridgehead atoms. The van der Waals surface area contributed by atoms with Crippen molar-refractivity contribution in [3.05, 3.63) is 38.9 Å². The van der Waals surface area contributed by atoms with Crippen LogP contribution in [0.5, 0.6) is 0 Å². The van der Waals surface area contributed by atoms with Crippen LogP contribution in [0.2, 0.25) is 0 Å². The molecule has 19 heavy (non-hydrogen) atoms. The molecule has 1 aromatic carbocycles. The van der Waals surface area contributed by atoms with E-state index >= 15 is 0 Å². The second-order valence-corrected chi connectivity index (χ2v) is 3.24. The van der Waals surface area contributed by atoms with Gasteiger partial charge in [0.25, 0.3) is 5.69 Å². The largest absolute Gasteiger partial charge is 0.465 e. The van der Waals surface area contributed by atoms with Crippen molar-refractivity contribution in [2.75, 3.05) is 7.11 Å². The number of rotatable bonds is 2. The van der Waals surface area contributed by atoms with Crippen molar-refractivity contribution in [2.45, 2.75) is 6.18 Å². The first-order valence-electron chi connectivity index (χ1n) is 4.61. The molecule has 1 aromatic rings. The minimum Gasteiger partial charge on any atom is -0.465 e. The highest BCUT2D eigenvalue weighted by Gasteiger charge is 2.41. The van der Waals surface area contributed by atoms with Gasteiger partial charge in [0.1, 0.15) is 11.6 Å². The fourth-order valence-corrected chi connectivity index (χ4v) is 1.43. The van der Waals surface area contributed by atoms with Crippen molar-refractivity contribution in [3.63, 3.8) is 0 Å². The van der Waals surface area contributed by atoms with E-state index in [9.17, 15) is 28.1 Å². The second-order valence-electron chi connectivity index (χ2n) is 3.24. The monoisotopic (exact) mass is 274 g/mol. The van der Waals surface area contributed by atoms with Gasteiger partial charge in [-0.2, -0.15) is 18.4 Å². The van der Waals surface area contributed by atoms with Gasteiger partial charge in [-0.1, -0.05) is 0 Å². The third-order valence-electron chi connectivity index (χ3n) is 2.18. The van der Waals surface area contributed by atoms with Crippen LogP contribution in [0.4, 0.5) is 18.9 Å². The van der Waals surface area contributed by atoms with Crippen molar-refractivity contribution in [3.8, 4) is 6.07 Å². The standard InChI is InChI=1S/C10H5F3N2O4/c1-19-9(16)5-2-3-7(15(17)18)6(4-14)8(5)10(11,12)13/h2-3H,1H3. The molecule has 0 radical (unpaired) electrons. The molecule has 0 spiro atoms. The summed E-state index contributed by atoms with van der Waals surface area (Å²) in [6.07, 6.45) is -5.10. The molecular formula is C10H5F3N2O4. The molecule has 0 saturated heterocycles. The van der Waals surface area contributed by atoms with E-state index in [0.717, 1.165) is 13.2 Å². The van der Waals surface area contributed by atoms with Gasteiger partial charge in [-0.15, -0.1) is 0 Å². The number of benzene rings is 1. The number of nitro groups is 1. The van der Waals surface area contributed by atoms with Gasteiger partial charge in [-0.05, 0) is 6.07 Å². The van der Waals surface area contributed by atoms with E-state index in [1.807, 2.05) is 0 Å². The number of ether oxygens (including phenoxy) is 1. The number of methoxy groups -OCH3 is 1. The predicted molar refractivity (Wildman–Crippen MR) is 54.2 cm³/mol. The number of alkyl halides is 3. The Morgan fingerprint density at radius 1 is 1.47 bits per heavy atom. The van der Waals surface area contributed by atoms with Crippen LogP contribution in [-0.2, 0) is 10.9 Å². The summed E-state index contributed by atoms with van der Waals surface area (Å²) in [6, 6.07) is 2.36. The maximum absolute atomic E-state index is 12.9. The predicted octanol–water partition coefficient (Wildman–Crippen LogP) is 2.27. The quantitative estimate of drug-likeness (QED) is 0.468. The first kappa shape index (κ1) is 14.4. The summed E-state index contributed by atoms with van der Waals surface area (Å²) in [5.41, 5.74) is -4.86. The van der Waals surface area contributed by atoms with E-state index in [2.05, 4.69) is 4.74 Å². The first-order chi connectivity index (χ1) is 8.73. The molecule has 0 N–H and O–H groups in total. The number of carbonyl (C=O) groups excluding carboxylic acids is 1. The molecule has 0 aromatic heterocycles. The summed E-state index contributed by atoms with van der Waals surface area (Å²) in [5.74, 6) is -1.33. The number of halogens is 3. The smallest absolute Gasteiger partial charge is 0.418 e. The fourth-order valence-electron chi connectivity index (χ4n) is 1.43. The summed E-state index contributed by atoms with van der Waals surface area (Å²) >= 11 is 0. The number of nitro benzene ring substituents is 1. The zero-order valence-corrected chi connectivity index (χ0v) is 9.32. The van der Waals surface area contributed by atoms with Crippen LogP contribution in [0.1, 0.15) is 21.5 Å². The molecule has 0 atom stereocenters. The number of esters is 1. The summed E-state index contributed by atoms with van der Waals surface area (Å²) in [4.78, 5) is 20.7. The highest BCUT2D eigenvalue weighted by Crippen LogP contribution is 2.38. The third kappa shape index (κ3) is 2.62. The van der Waals surface area contributed by atoms with Gasteiger partial charge in [0.15, 0.2) is 0 Å². The molecule has 0 aliphatic carbocycles. The van der Waals surface area contributed by atoms with Gasteiger partial charge in [0.2, 0.25) is 0 Å². The zero-order chi connectivity index (χ0) is 14.8. The third-order valence-corrected chi connectivity index (χ3v) is 2.18. The maximum atomic E-state index is 12.9. The SMILES string of the molecule is COC(=O)c1ccc([N+](=O)[O-])c(C#N)c1C(F)(F)F. The van der Waals surface area contributed by atoms with Crippen LogP contribution < -0.4 is 0 Å². The van der Waals surface area contributed by atoms with Gasteiger partial charge < -0.3 is 4.74 Å². The Hall–Kier alpha value is -2.63. The van der Waals surface area contributed by atoms with E-state index in [1.54, 1.807) is 0 Å². The molecular weight excluding hydrogens is 269 g/mol. The molecule has 100 valence electrons. The average Bonchev–Trinajstić information content (AvgIpc) is 2.34. The molecule has 0 amide bonds. The molecule has 0 saturated carbocycles. The van der Waals surface area contributed by atoms with E-state index in [1.165, 1.54) is 0 Å². The molecule has 1 rings (SSSR count). The molecule has 6 nitrogen and oxygen atoms in total. The Morgan fingerprint density at radius 3 is 2.42 bits per heavy atom. The van der Waals surface area contributed by atoms with E-state index in [0.29, 0.717) is 12.1 Å². The average molecular weight is 274 g/mol. The van der Waals surface area contributed by atoms with Gasteiger partial charge in [-0.25, -0.2) is 4.79 Å². The van der Waals surface area contributed by atoms with Gasteiger partial charge in [0.05, 0.1) is 23.2 Å². The zero-order valence-electron chi connectivity index (χ0n) is 9.32. The Bertz CT molecular complexity index is 590. The second kappa shape index (κ2) is 4.93. The van der Waals surface area contributed by atoms with Gasteiger partial charge >= 0.3 is 12.1 Å². The van der Waals surface area contributed by atoms with E-state index < -0.39 is 39.4 Å². The minimum atomic E-state index is -5.10. The van der Waals surface area contributed by atoms with Crippen LogP contribution >= 0.6 is 0 Å². The molecule has 0 fully saturated rings. The van der Waals surface area contributed by atoms with Crippen LogP contribution in [-0.4, -0.2) is 18.0 Å². The Labute approximate surface area is 104 Å². The normalized spacial score (nSPS) is 10.7. The Morgan fingerprint density at radius 2 is 2.05 bits per heavy atom. The van der Waals surface area contributed by atoms with E-state index in [4.69, 9.17) is 5.26 Å². The molecule has 0 aliphatic heterocycles. The molecule has 9 heteroatoms. The number of carbonyl (C=O) groups is 1. The lowest BCUT2D eigenvalue weighted by atomic mass is 9.99. The highest BCUT2D eigenvalue weighted by atomic mass is 19.4. The number of nitriles is 1. The lowest BCUT2D eigenvalue weighted by Crippen LogP contribution is -2.17. The number of nitrogens with zero attached hydrogens (tertiary/aromatic N) is 2. The number of hydrogen-bond acceptors (Lipinski definition) is 5. The minimum absolute atomic E-state index is 0.605. The summed E-state index contributed by atoms with van der Waals surface area (Å²) < 4.78 is 42.7. The van der Waals surface area contributed by atoms with Crippen molar-refractivity contribution in [1.29, 1.82) is 5.26 Å². The van der Waals surface area contributed by atoms with Crippen molar-refractivity contribution in [2.24, 2.45) is 0 Å². The van der Waals surface area contributed by atoms with Crippen LogP contribution in [0.3, 0.4) is 0 Å². The first-order valence-corrected chi connectivity index (χ1v) is 4.61. The number of hydrogen-bond donors (Lipinski definition) is 0. The van der Waals surface area contributed by atoms with Gasteiger partial charge in [-0.3, -0.25) is 10.1 Å². The fraction of sp³-hybridized carbons (Fsp3) is 0.200. The van der Waals surface area contributed by atoms with Crippen molar-refractivity contribution < 1.29 is 27.6 Å². The summed E-state index contributed by atoms with van der Waals surface area (Å²) in [7, 11) is 0.857. The lowest BCUT2D eigenvalue weighted by molar-refractivity contribution is -0.385. The Kier molecular flexibility index (Phi) is 3.75. The molecule has 0 aliphatic rings. The summed E-state index contributed by atoms with van der Waals surface area (Å²) in [6.45, 7) is 0. The van der Waals surface area contributed by atoms with Crippen LogP contribution in [0.15, 0.2) is 12.1 Å². The van der Waals surface area contributed by atoms with Crippen molar-refractivity contribution >= 4 is 11.7 Å². The lowest BCUT2D eigenvalue weighted by Gasteiger charge is -2.12. The van der Waals surface area contributed by atoms with E-state index in [-0.39, 0.29) is 0 Å². The highest BCUT2D eigenvalue weighted by molar-refractivity contribution is 5.92. The Balaban J connectivity index is 3.77. The van der Waals surface area contributed by atoms with Crippen LogP contribution in [0, 0.1) is 21.4 Å². The molecule has 0 unspecified atom stereocenters. The molecule has 0 heterocycles. The topological polar surface area (TPSA) is 93.2 Å². The van der Waals surface area contributed by atoms with Crippen molar-refractivity contribution in [1.82, 2.24) is 0 Å². The summed E-state index contributed by atoms with van der Waals surface area (Å²) in [5, 5.41) is 19.3. The van der Waals surface area contributed by atoms with Gasteiger partial charge in [0, 0.05) is 6.07 Å².